The first-order valence-corrected chi connectivity index (χ1v) is 12.2. The molecule has 0 spiro atoms. The van der Waals surface area contributed by atoms with Crippen LogP contribution >= 0.6 is 0 Å². The van der Waals surface area contributed by atoms with E-state index in [-0.39, 0.29) is 11.3 Å². The van der Waals surface area contributed by atoms with Gasteiger partial charge < -0.3 is 24.5 Å². The number of ketones is 1. The molecule has 3 rings (SSSR count). The summed E-state index contributed by atoms with van der Waals surface area (Å²) in [5, 5.41) is 11.4. The lowest BCUT2D eigenvalue weighted by Gasteiger charge is -2.28. The fraction of sp³-hybridized carbons (Fsp3) is 0.429. The Bertz CT molecular complexity index is 1090. The number of likely N-dealkylation sites (tertiary alicyclic amines) is 1. The van der Waals surface area contributed by atoms with Gasteiger partial charge in [-0.05, 0) is 68.4 Å². The molecule has 2 aromatic carbocycles. The molecule has 0 aliphatic carbocycles. The summed E-state index contributed by atoms with van der Waals surface area (Å²) in [4.78, 5) is 32.3. The largest absolute Gasteiger partial charge is 0.507 e. The van der Waals surface area contributed by atoms with Crippen LogP contribution in [0.5, 0.6) is 5.75 Å². The molecule has 1 unspecified atom stereocenters. The van der Waals surface area contributed by atoms with E-state index in [1.165, 1.54) is 0 Å². The zero-order valence-electron chi connectivity index (χ0n) is 21.7. The first-order valence-electron chi connectivity index (χ1n) is 12.2. The molecule has 1 atom stereocenters. The number of likely N-dealkylation sites (N-methyl/N-ethyl adjacent to an activating group) is 1. The number of hydrogen-bond donors (Lipinski definition) is 1. The van der Waals surface area contributed by atoms with Crippen LogP contribution in [0.3, 0.4) is 0 Å². The number of nitrogens with zero attached hydrogens (tertiary/aromatic N) is 3. The Hall–Kier alpha value is -3.32. The fourth-order valence-corrected chi connectivity index (χ4v) is 4.50. The monoisotopic (exact) mass is 479 g/mol. The van der Waals surface area contributed by atoms with Crippen molar-refractivity contribution in [2.24, 2.45) is 0 Å². The van der Waals surface area contributed by atoms with E-state index >= 15 is 0 Å². The Morgan fingerprint density at radius 3 is 2.23 bits per heavy atom. The zero-order chi connectivity index (χ0) is 25.7. The van der Waals surface area contributed by atoms with Crippen molar-refractivity contribution in [1.29, 1.82) is 0 Å². The highest BCUT2D eigenvalue weighted by Crippen LogP contribution is 2.40. The average Bonchev–Trinajstić information content (AvgIpc) is 3.09. The summed E-state index contributed by atoms with van der Waals surface area (Å²) in [6, 6.07) is 12.4. The van der Waals surface area contributed by atoms with E-state index in [2.05, 4.69) is 18.7 Å². The van der Waals surface area contributed by atoms with Crippen LogP contribution in [0.25, 0.3) is 5.76 Å². The Labute approximate surface area is 208 Å². The van der Waals surface area contributed by atoms with Gasteiger partial charge in [0.25, 0.3) is 11.7 Å². The van der Waals surface area contributed by atoms with Crippen LogP contribution in [0.15, 0.2) is 48.0 Å². The maximum absolute atomic E-state index is 13.3. The first kappa shape index (κ1) is 26.3. The molecule has 2 aromatic rings. The molecule has 0 bridgehead atoms. The van der Waals surface area contributed by atoms with E-state index < -0.39 is 17.7 Å². The smallest absolute Gasteiger partial charge is 0.295 e. The van der Waals surface area contributed by atoms with Crippen molar-refractivity contribution in [3.63, 3.8) is 0 Å². The Balaban J connectivity index is 2.11. The minimum absolute atomic E-state index is 0.124. The van der Waals surface area contributed by atoms with Gasteiger partial charge in [-0.2, -0.15) is 0 Å². The number of ether oxygens (including phenoxy) is 1. The average molecular weight is 480 g/mol. The van der Waals surface area contributed by atoms with Gasteiger partial charge in [0.2, 0.25) is 0 Å². The number of rotatable bonds is 10. The van der Waals surface area contributed by atoms with Crippen LogP contribution in [0, 0.1) is 6.92 Å². The first-order chi connectivity index (χ1) is 16.7. The summed E-state index contributed by atoms with van der Waals surface area (Å²) in [5.74, 6) is -0.700. The maximum atomic E-state index is 13.3. The molecule has 0 radical (unpaired) electrons. The van der Waals surface area contributed by atoms with Crippen molar-refractivity contribution < 1.29 is 19.4 Å². The lowest BCUT2D eigenvalue weighted by atomic mass is 9.93. The molecule has 1 saturated heterocycles. The van der Waals surface area contributed by atoms with Gasteiger partial charge >= 0.3 is 0 Å². The molecule has 0 saturated carbocycles. The molecule has 1 N–H and O–H groups in total. The van der Waals surface area contributed by atoms with Gasteiger partial charge in [-0.15, -0.1) is 0 Å². The summed E-state index contributed by atoms with van der Waals surface area (Å²) in [7, 11) is 3.92. The maximum Gasteiger partial charge on any atom is 0.295 e. The number of amides is 1. The van der Waals surface area contributed by atoms with E-state index in [4.69, 9.17) is 4.74 Å². The van der Waals surface area contributed by atoms with Crippen molar-refractivity contribution in [3.8, 4) is 5.75 Å². The van der Waals surface area contributed by atoms with Crippen LogP contribution in [-0.4, -0.2) is 73.5 Å². The zero-order valence-corrected chi connectivity index (χ0v) is 21.7. The third-order valence-electron chi connectivity index (χ3n) is 6.58. The van der Waals surface area contributed by atoms with Crippen LogP contribution < -0.4 is 9.64 Å². The summed E-state index contributed by atoms with van der Waals surface area (Å²) < 4.78 is 5.56. The molecule has 1 aliphatic heterocycles. The van der Waals surface area contributed by atoms with Crippen LogP contribution in [0.4, 0.5) is 5.69 Å². The Kier molecular flexibility index (Phi) is 8.57. The number of aliphatic hydroxyl groups is 1. The highest BCUT2D eigenvalue weighted by molar-refractivity contribution is 6.46. The van der Waals surface area contributed by atoms with Gasteiger partial charge in [0, 0.05) is 38.4 Å². The molecule has 1 amide bonds. The van der Waals surface area contributed by atoms with Crippen LogP contribution in [0.2, 0.25) is 0 Å². The van der Waals surface area contributed by atoms with Crippen molar-refractivity contribution in [2.45, 2.75) is 33.7 Å². The number of benzene rings is 2. The number of anilines is 1. The van der Waals surface area contributed by atoms with Crippen molar-refractivity contribution >= 4 is 23.1 Å². The van der Waals surface area contributed by atoms with Gasteiger partial charge in [0.1, 0.15) is 11.5 Å². The predicted molar refractivity (Wildman–Crippen MR) is 140 cm³/mol. The lowest BCUT2D eigenvalue weighted by molar-refractivity contribution is -0.140. The Morgan fingerprint density at radius 1 is 1.03 bits per heavy atom. The van der Waals surface area contributed by atoms with E-state index in [9.17, 15) is 14.7 Å². The molecule has 188 valence electrons. The van der Waals surface area contributed by atoms with E-state index in [0.29, 0.717) is 31.0 Å². The molecule has 7 heteroatoms. The summed E-state index contributed by atoms with van der Waals surface area (Å²) in [5.41, 5.74) is 3.21. The van der Waals surface area contributed by atoms with Gasteiger partial charge in [-0.3, -0.25) is 9.59 Å². The van der Waals surface area contributed by atoms with E-state index in [1.807, 2.05) is 63.2 Å². The molecule has 35 heavy (non-hydrogen) atoms. The highest BCUT2D eigenvalue weighted by atomic mass is 16.5. The minimum atomic E-state index is -0.659. The minimum Gasteiger partial charge on any atom is -0.507 e. The van der Waals surface area contributed by atoms with Crippen LogP contribution in [-0.2, 0) is 9.59 Å². The number of aryl methyl sites for hydroxylation is 1. The molecule has 1 aliphatic rings. The number of Topliss-reactive ketones (excluding diaryl/α,β-unsaturated/α-hetero) is 1. The quantitative estimate of drug-likeness (QED) is 0.312. The van der Waals surface area contributed by atoms with E-state index in [0.717, 1.165) is 29.9 Å². The SMILES string of the molecule is CCOc1ccc(/C(O)=C2\C(=O)C(=O)N(CCN(CC)CC)C2c2ccc(N(C)C)cc2)c(C)c1. The number of aliphatic hydroxyl groups excluding tert-OH is 1. The second kappa shape index (κ2) is 11.4. The molecule has 1 fully saturated rings. The summed E-state index contributed by atoms with van der Waals surface area (Å²) >= 11 is 0. The van der Waals surface area contributed by atoms with Gasteiger partial charge in [-0.25, -0.2) is 0 Å². The number of hydrogen-bond acceptors (Lipinski definition) is 6. The molecule has 1 heterocycles. The van der Waals surface area contributed by atoms with Gasteiger partial charge in [0.15, 0.2) is 0 Å². The third-order valence-corrected chi connectivity index (χ3v) is 6.58. The van der Waals surface area contributed by atoms with Crippen molar-refractivity contribution in [2.75, 3.05) is 51.8 Å². The normalized spacial score (nSPS) is 17.3. The topological polar surface area (TPSA) is 73.3 Å². The van der Waals surface area contributed by atoms with Crippen molar-refractivity contribution in [3.05, 3.63) is 64.7 Å². The number of carbonyl (C=O) groups excluding carboxylic acids is 2. The summed E-state index contributed by atoms with van der Waals surface area (Å²) in [6.45, 7) is 11.2. The highest BCUT2D eigenvalue weighted by Gasteiger charge is 2.46. The number of carbonyl (C=O) groups is 2. The second-order valence-corrected chi connectivity index (χ2v) is 8.92. The van der Waals surface area contributed by atoms with Gasteiger partial charge in [0.05, 0.1) is 18.2 Å². The Morgan fingerprint density at radius 2 is 1.69 bits per heavy atom. The predicted octanol–water partition coefficient (Wildman–Crippen LogP) is 4.22. The lowest BCUT2D eigenvalue weighted by Crippen LogP contribution is -2.38. The van der Waals surface area contributed by atoms with Gasteiger partial charge in [-0.1, -0.05) is 26.0 Å². The molecular formula is C28H37N3O4. The molecular weight excluding hydrogens is 442 g/mol. The third kappa shape index (κ3) is 5.51. The molecule has 0 aromatic heterocycles. The summed E-state index contributed by atoms with van der Waals surface area (Å²) in [6.07, 6.45) is 0. The van der Waals surface area contributed by atoms with Crippen LogP contribution in [0.1, 0.15) is 43.5 Å². The standard InChI is InChI=1S/C28H37N3O4/c1-7-30(8-2)16-17-31-25(20-10-12-21(13-11-20)29(5)6)24(27(33)28(31)34)26(32)23-15-14-22(35-9-3)18-19(23)4/h10-15,18,25,32H,7-9,16-17H2,1-6H3/b26-24+. The second-order valence-electron chi connectivity index (χ2n) is 8.92. The fourth-order valence-electron chi connectivity index (χ4n) is 4.50. The van der Waals surface area contributed by atoms with E-state index in [1.54, 1.807) is 17.0 Å². The van der Waals surface area contributed by atoms with Crippen molar-refractivity contribution in [1.82, 2.24) is 9.80 Å². The molecule has 7 nitrogen and oxygen atoms in total.